The summed E-state index contributed by atoms with van der Waals surface area (Å²) in [7, 11) is 0. The molecule has 0 radical (unpaired) electrons. The van der Waals surface area contributed by atoms with Gasteiger partial charge in [-0.3, -0.25) is 9.78 Å². The van der Waals surface area contributed by atoms with E-state index in [2.05, 4.69) is 15.2 Å². The van der Waals surface area contributed by atoms with Gasteiger partial charge in [0.25, 0.3) is 5.56 Å². The van der Waals surface area contributed by atoms with Crippen LogP contribution in [0.15, 0.2) is 47.4 Å². The molecule has 0 unspecified atom stereocenters. The van der Waals surface area contributed by atoms with E-state index in [1.165, 1.54) is 0 Å². The van der Waals surface area contributed by atoms with Gasteiger partial charge in [0.2, 0.25) is 0 Å². The Labute approximate surface area is 109 Å². The van der Waals surface area contributed by atoms with Crippen LogP contribution in [0.2, 0.25) is 0 Å². The maximum Gasteiger partial charge on any atom is 0.273 e. The highest BCUT2D eigenvalue weighted by Crippen LogP contribution is 2.15. The van der Waals surface area contributed by atoms with Crippen LogP contribution in [0, 0.1) is 0 Å². The Kier molecular flexibility index (Phi) is 2.72. The molecule has 0 saturated heterocycles. The lowest BCUT2D eigenvalue weighted by molar-refractivity contribution is 0.927. The lowest BCUT2D eigenvalue weighted by atomic mass is 10.1. The molecule has 0 atom stereocenters. The molecule has 0 aliphatic heterocycles. The van der Waals surface area contributed by atoms with Crippen LogP contribution in [-0.4, -0.2) is 15.2 Å². The molecule has 3 rings (SSSR count). The number of hydrogen-bond donors (Lipinski definition) is 2. The highest BCUT2D eigenvalue weighted by molar-refractivity contribution is 5.79. The van der Waals surface area contributed by atoms with Crippen molar-refractivity contribution in [3.63, 3.8) is 0 Å². The van der Waals surface area contributed by atoms with Crippen molar-refractivity contribution >= 4 is 16.6 Å². The number of hydrogen-bond acceptors (Lipinski definition) is 4. The van der Waals surface area contributed by atoms with E-state index < -0.39 is 0 Å². The maximum absolute atomic E-state index is 11.7. The van der Waals surface area contributed by atoms with Gasteiger partial charge in [0, 0.05) is 18.3 Å². The zero-order valence-electron chi connectivity index (χ0n) is 10.1. The molecule has 94 valence electrons. The van der Waals surface area contributed by atoms with Gasteiger partial charge in [0.1, 0.15) is 0 Å². The van der Waals surface area contributed by atoms with E-state index in [9.17, 15) is 4.79 Å². The van der Waals surface area contributed by atoms with Crippen molar-refractivity contribution in [1.82, 2.24) is 15.2 Å². The van der Waals surface area contributed by atoms with Gasteiger partial charge in [0.15, 0.2) is 0 Å². The summed E-state index contributed by atoms with van der Waals surface area (Å²) < 4.78 is 0. The molecule has 5 heteroatoms. The molecule has 0 saturated carbocycles. The first-order chi connectivity index (χ1) is 9.24. The number of fused-ring (bicyclic) bond motifs is 1. The second-order valence-corrected chi connectivity index (χ2v) is 4.32. The van der Waals surface area contributed by atoms with Crippen molar-refractivity contribution in [3.05, 3.63) is 64.2 Å². The molecule has 2 heterocycles. The van der Waals surface area contributed by atoms with Gasteiger partial charge in [-0.2, -0.15) is 5.10 Å². The normalized spacial score (nSPS) is 10.7. The molecule has 0 bridgehead atoms. The fraction of sp³-hybridized carbons (Fsp3) is 0.0714. The van der Waals surface area contributed by atoms with Crippen LogP contribution in [0.1, 0.15) is 11.3 Å². The molecule has 0 aliphatic rings. The van der Waals surface area contributed by atoms with Crippen molar-refractivity contribution in [1.29, 1.82) is 0 Å². The fourth-order valence-corrected chi connectivity index (χ4v) is 2.07. The van der Waals surface area contributed by atoms with E-state index in [-0.39, 0.29) is 5.56 Å². The Hall–Kier alpha value is -2.69. The number of benzene rings is 1. The zero-order valence-corrected chi connectivity index (χ0v) is 10.1. The molecule has 0 aliphatic carbocycles. The minimum Gasteiger partial charge on any atom is -0.399 e. The van der Waals surface area contributed by atoms with E-state index in [1.54, 1.807) is 18.3 Å². The van der Waals surface area contributed by atoms with E-state index in [4.69, 9.17) is 5.73 Å². The number of aromatic amines is 1. The number of nitrogens with zero attached hydrogens (tertiary/aromatic N) is 2. The van der Waals surface area contributed by atoms with Crippen LogP contribution < -0.4 is 11.3 Å². The lowest BCUT2D eigenvalue weighted by Crippen LogP contribution is -2.12. The smallest absolute Gasteiger partial charge is 0.273 e. The van der Waals surface area contributed by atoms with Crippen molar-refractivity contribution in [2.75, 3.05) is 5.73 Å². The third kappa shape index (κ3) is 2.18. The number of nitrogen functional groups attached to an aromatic ring is 1. The average molecular weight is 252 g/mol. The van der Waals surface area contributed by atoms with Crippen LogP contribution in [0.3, 0.4) is 0 Å². The summed E-state index contributed by atoms with van der Waals surface area (Å²) >= 11 is 0. The molecule has 5 nitrogen and oxygen atoms in total. The molecule has 3 aromatic rings. The summed E-state index contributed by atoms with van der Waals surface area (Å²) in [5, 5.41) is 7.14. The summed E-state index contributed by atoms with van der Waals surface area (Å²) in [5.74, 6) is 0. The first-order valence-electron chi connectivity index (χ1n) is 5.91. The average Bonchev–Trinajstić information content (AvgIpc) is 2.42. The standard InChI is InChI=1S/C14H12N4O/c15-10-4-1-3-9(7-10)8-12-13-11(5-2-6-16-13)14(19)18-17-12/h1-7H,8,15H2,(H,18,19). The Morgan fingerprint density at radius 3 is 2.95 bits per heavy atom. The summed E-state index contributed by atoms with van der Waals surface area (Å²) in [6.45, 7) is 0. The quantitative estimate of drug-likeness (QED) is 0.677. The minimum absolute atomic E-state index is 0.223. The predicted molar refractivity (Wildman–Crippen MR) is 73.8 cm³/mol. The van der Waals surface area contributed by atoms with Crippen LogP contribution in [0.4, 0.5) is 5.69 Å². The number of anilines is 1. The maximum atomic E-state index is 11.7. The van der Waals surface area contributed by atoms with Crippen LogP contribution in [0.5, 0.6) is 0 Å². The van der Waals surface area contributed by atoms with Crippen LogP contribution in [-0.2, 0) is 6.42 Å². The van der Waals surface area contributed by atoms with E-state index in [0.29, 0.717) is 23.0 Å². The fourth-order valence-electron chi connectivity index (χ4n) is 2.07. The molecular formula is C14H12N4O. The number of H-pyrrole nitrogens is 1. The lowest BCUT2D eigenvalue weighted by Gasteiger charge is -2.04. The number of nitrogens with two attached hydrogens (primary N) is 1. The predicted octanol–water partition coefficient (Wildman–Crippen LogP) is 1.49. The summed E-state index contributed by atoms with van der Waals surface area (Å²) in [4.78, 5) is 15.9. The van der Waals surface area contributed by atoms with Gasteiger partial charge >= 0.3 is 0 Å². The Balaban J connectivity index is 2.11. The molecule has 0 spiro atoms. The minimum atomic E-state index is -0.223. The zero-order chi connectivity index (χ0) is 13.2. The molecule has 0 amide bonds. The molecule has 2 aromatic heterocycles. The van der Waals surface area contributed by atoms with Gasteiger partial charge in [-0.05, 0) is 29.8 Å². The molecule has 19 heavy (non-hydrogen) atoms. The highest BCUT2D eigenvalue weighted by atomic mass is 16.1. The van der Waals surface area contributed by atoms with Crippen LogP contribution >= 0.6 is 0 Å². The van der Waals surface area contributed by atoms with Crippen molar-refractivity contribution < 1.29 is 0 Å². The van der Waals surface area contributed by atoms with E-state index in [1.807, 2.05) is 24.3 Å². The molecular weight excluding hydrogens is 240 g/mol. The van der Waals surface area contributed by atoms with Crippen molar-refractivity contribution in [2.45, 2.75) is 6.42 Å². The highest BCUT2D eigenvalue weighted by Gasteiger charge is 2.08. The largest absolute Gasteiger partial charge is 0.399 e. The third-order valence-electron chi connectivity index (χ3n) is 2.94. The first kappa shape index (κ1) is 11.4. The van der Waals surface area contributed by atoms with Crippen LogP contribution in [0.25, 0.3) is 10.9 Å². The van der Waals surface area contributed by atoms with Gasteiger partial charge in [-0.1, -0.05) is 12.1 Å². The summed E-state index contributed by atoms with van der Waals surface area (Å²) in [6.07, 6.45) is 2.24. The number of nitrogens with one attached hydrogen (secondary N) is 1. The van der Waals surface area contributed by atoms with Gasteiger partial charge < -0.3 is 5.73 Å². The van der Waals surface area contributed by atoms with Crippen molar-refractivity contribution in [3.8, 4) is 0 Å². The Morgan fingerprint density at radius 1 is 1.21 bits per heavy atom. The van der Waals surface area contributed by atoms with Crippen molar-refractivity contribution in [2.24, 2.45) is 0 Å². The molecule has 1 aromatic carbocycles. The number of rotatable bonds is 2. The Bertz CT molecular complexity index is 795. The number of aromatic nitrogens is 3. The number of pyridine rings is 1. The second-order valence-electron chi connectivity index (χ2n) is 4.32. The molecule has 0 fully saturated rings. The second kappa shape index (κ2) is 4.53. The SMILES string of the molecule is Nc1cccc(Cc2n[nH]c(=O)c3cccnc23)c1. The van der Waals surface area contributed by atoms with Gasteiger partial charge in [0.05, 0.1) is 16.6 Å². The van der Waals surface area contributed by atoms with E-state index in [0.717, 1.165) is 11.3 Å². The van der Waals surface area contributed by atoms with E-state index >= 15 is 0 Å². The van der Waals surface area contributed by atoms with Gasteiger partial charge in [-0.15, -0.1) is 0 Å². The topological polar surface area (TPSA) is 84.7 Å². The first-order valence-corrected chi connectivity index (χ1v) is 5.91. The summed E-state index contributed by atoms with van der Waals surface area (Å²) in [5.41, 5.74) is 8.64. The molecule has 3 N–H and O–H groups in total. The summed E-state index contributed by atoms with van der Waals surface area (Å²) in [6, 6.07) is 11.1. The monoisotopic (exact) mass is 252 g/mol. The van der Waals surface area contributed by atoms with Gasteiger partial charge in [-0.25, -0.2) is 5.10 Å². The Morgan fingerprint density at radius 2 is 2.11 bits per heavy atom. The third-order valence-corrected chi connectivity index (χ3v) is 2.94.